The Kier molecular flexibility index (Phi) is 6.28. The molecule has 0 fully saturated rings. The van der Waals surface area contributed by atoms with E-state index in [1.807, 2.05) is 31.2 Å². The molecule has 1 aromatic heterocycles. The van der Waals surface area contributed by atoms with Crippen molar-refractivity contribution in [2.24, 2.45) is 0 Å². The van der Waals surface area contributed by atoms with Crippen LogP contribution in [0.1, 0.15) is 32.6 Å². The third-order valence-corrected chi connectivity index (χ3v) is 3.24. The highest BCUT2D eigenvalue weighted by molar-refractivity contribution is 5.91. The van der Waals surface area contributed by atoms with Gasteiger partial charge in [0.2, 0.25) is 11.8 Å². The molecule has 0 spiro atoms. The van der Waals surface area contributed by atoms with Gasteiger partial charge >= 0.3 is 0 Å². The second-order valence-corrected chi connectivity index (χ2v) is 5.16. The third-order valence-electron chi connectivity index (χ3n) is 3.24. The molecule has 0 saturated carbocycles. The lowest BCUT2D eigenvalue weighted by atomic mass is 10.2. The van der Waals surface area contributed by atoms with Crippen molar-refractivity contribution in [1.82, 2.24) is 20.5 Å². The largest absolute Gasteiger partial charge is 0.356 e. The van der Waals surface area contributed by atoms with Gasteiger partial charge in [-0.05, 0) is 37.1 Å². The van der Waals surface area contributed by atoms with Crippen molar-refractivity contribution >= 4 is 17.5 Å². The molecule has 7 nitrogen and oxygen atoms in total. The van der Waals surface area contributed by atoms with Gasteiger partial charge in [-0.3, -0.25) is 14.7 Å². The number of amides is 2. The number of anilines is 1. The summed E-state index contributed by atoms with van der Waals surface area (Å²) in [6.45, 7) is 2.68. The van der Waals surface area contributed by atoms with Crippen LogP contribution in [-0.2, 0) is 9.59 Å². The van der Waals surface area contributed by atoms with Crippen LogP contribution in [-0.4, -0.2) is 33.5 Å². The molecule has 23 heavy (non-hydrogen) atoms. The monoisotopic (exact) mass is 315 g/mol. The molecule has 0 atom stereocenters. The highest BCUT2D eigenvalue weighted by Gasteiger charge is 2.06. The van der Waals surface area contributed by atoms with E-state index in [1.54, 1.807) is 0 Å². The molecular weight excluding hydrogens is 294 g/mol. The molecule has 0 unspecified atom stereocenters. The summed E-state index contributed by atoms with van der Waals surface area (Å²) in [4.78, 5) is 27.3. The summed E-state index contributed by atoms with van der Waals surface area (Å²) >= 11 is 0. The Morgan fingerprint density at radius 1 is 1.13 bits per heavy atom. The lowest BCUT2D eigenvalue weighted by Gasteiger charge is -2.06. The van der Waals surface area contributed by atoms with E-state index in [9.17, 15) is 9.59 Å². The number of benzene rings is 1. The summed E-state index contributed by atoms with van der Waals surface area (Å²) < 4.78 is 0. The fourth-order valence-electron chi connectivity index (χ4n) is 2.04. The molecule has 0 radical (unpaired) electrons. The molecule has 1 heterocycles. The number of hydrogen-bond donors (Lipinski definition) is 3. The number of carbonyl (C=O) groups excluding carboxylic acids is 2. The Labute approximate surface area is 134 Å². The van der Waals surface area contributed by atoms with Crippen molar-refractivity contribution in [3.05, 3.63) is 30.6 Å². The normalized spacial score (nSPS) is 10.3. The van der Waals surface area contributed by atoms with Crippen LogP contribution < -0.4 is 10.6 Å². The van der Waals surface area contributed by atoms with E-state index in [4.69, 9.17) is 0 Å². The van der Waals surface area contributed by atoms with Crippen LogP contribution >= 0.6 is 0 Å². The summed E-state index contributed by atoms with van der Waals surface area (Å²) in [7, 11) is 0. The Hall–Kier alpha value is -2.70. The standard InChI is InChI=1S/C16H21N5O2/c1-2-10-17-14(22)4-3-5-15(23)20-13-8-6-12(7-9-13)16-18-11-19-21-16/h6-9,11H,2-5,10H2,1H3,(H,17,22)(H,20,23)(H,18,19,21). The average molecular weight is 315 g/mol. The van der Waals surface area contributed by atoms with Gasteiger partial charge in [0.25, 0.3) is 0 Å². The third kappa shape index (κ3) is 5.54. The highest BCUT2D eigenvalue weighted by atomic mass is 16.2. The predicted octanol–water partition coefficient (Wildman–Crippen LogP) is 2.11. The van der Waals surface area contributed by atoms with E-state index in [0.717, 1.165) is 12.0 Å². The van der Waals surface area contributed by atoms with Gasteiger partial charge < -0.3 is 10.6 Å². The van der Waals surface area contributed by atoms with Gasteiger partial charge in [-0.25, -0.2) is 4.98 Å². The summed E-state index contributed by atoms with van der Waals surface area (Å²) in [5, 5.41) is 12.2. The number of aromatic amines is 1. The number of nitrogens with one attached hydrogen (secondary N) is 3. The average Bonchev–Trinajstić information content (AvgIpc) is 3.08. The van der Waals surface area contributed by atoms with Crippen LogP contribution in [0.25, 0.3) is 11.4 Å². The zero-order valence-electron chi connectivity index (χ0n) is 13.1. The first-order valence-electron chi connectivity index (χ1n) is 7.71. The Balaban J connectivity index is 1.74. The topological polar surface area (TPSA) is 99.8 Å². The Morgan fingerprint density at radius 3 is 2.52 bits per heavy atom. The minimum absolute atomic E-state index is 0.00365. The molecule has 1 aromatic carbocycles. The molecule has 122 valence electrons. The quantitative estimate of drug-likeness (QED) is 0.694. The number of nitrogens with zero attached hydrogens (tertiary/aromatic N) is 2. The van der Waals surface area contributed by atoms with Crippen molar-refractivity contribution in [2.75, 3.05) is 11.9 Å². The van der Waals surface area contributed by atoms with E-state index in [-0.39, 0.29) is 11.8 Å². The summed E-state index contributed by atoms with van der Waals surface area (Å²) in [6.07, 6.45) is 3.59. The predicted molar refractivity (Wildman–Crippen MR) is 87.6 cm³/mol. The number of rotatable bonds is 8. The van der Waals surface area contributed by atoms with Crippen molar-refractivity contribution in [1.29, 1.82) is 0 Å². The second-order valence-electron chi connectivity index (χ2n) is 5.16. The van der Waals surface area contributed by atoms with Crippen LogP contribution in [0.15, 0.2) is 30.6 Å². The van der Waals surface area contributed by atoms with Gasteiger partial charge in [0.05, 0.1) is 0 Å². The first kappa shape index (κ1) is 16.7. The van der Waals surface area contributed by atoms with Crippen molar-refractivity contribution < 1.29 is 9.59 Å². The van der Waals surface area contributed by atoms with Crippen LogP contribution in [0.5, 0.6) is 0 Å². The lowest BCUT2D eigenvalue weighted by molar-refractivity contribution is -0.121. The maximum atomic E-state index is 11.9. The van der Waals surface area contributed by atoms with Gasteiger partial charge in [0.1, 0.15) is 6.33 Å². The SMILES string of the molecule is CCCNC(=O)CCCC(=O)Nc1ccc(-c2ncn[nH]2)cc1. The van der Waals surface area contributed by atoms with Crippen molar-refractivity contribution in [2.45, 2.75) is 32.6 Å². The molecular formula is C16H21N5O2. The lowest BCUT2D eigenvalue weighted by Crippen LogP contribution is -2.24. The first-order chi connectivity index (χ1) is 11.2. The van der Waals surface area contributed by atoms with E-state index in [2.05, 4.69) is 25.8 Å². The van der Waals surface area contributed by atoms with Crippen LogP contribution in [0, 0.1) is 0 Å². The van der Waals surface area contributed by atoms with Gasteiger partial charge in [-0.2, -0.15) is 5.10 Å². The summed E-state index contributed by atoms with van der Waals surface area (Å²) in [6, 6.07) is 7.33. The molecule has 7 heteroatoms. The number of carbonyl (C=O) groups is 2. The zero-order valence-corrected chi connectivity index (χ0v) is 13.1. The first-order valence-corrected chi connectivity index (χ1v) is 7.71. The fraction of sp³-hybridized carbons (Fsp3) is 0.375. The second kappa shape index (κ2) is 8.67. The van der Waals surface area contributed by atoms with E-state index in [1.165, 1.54) is 6.33 Å². The molecule has 0 bridgehead atoms. The number of aromatic nitrogens is 3. The van der Waals surface area contributed by atoms with Gasteiger partial charge in [0.15, 0.2) is 5.82 Å². The molecule has 2 amide bonds. The zero-order chi connectivity index (χ0) is 16.5. The minimum atomic E-state index is -0.0966. The van der Waals surface area contributed by atoms with Gasteiger partial charge in [-0.15, -0.1) is 0 Å². The van der Waals surface area contributed by atoms with E-state index in [0.29, 0.717) is 37.3 Å². The Morgan fingerprint density at radius 2 is 1.87 bits per heavy atom. The fourth-order valence-corrected chi connectivity index (χ4v) is 2.04. The molecule has 0 aliphatic heterocycles. The van der Waals surface area contributed by atoms with E-state index >= 15 is 0 Å². The number of hydrogen-bond acceptors (Lipinski definition) is 4. The molecule has 2 rings (SSSR count). The summed E-state index contributed by atoms with van der Waals surface area (Å²) in [5.74, 6) is 0.581. The van der Waals surface area contributed by atoms with Gasteiger partial charge in [-0.1, -0.05) is 6.92 Å². The van der Waals surface area contributed by atoms with Crippen molar-refractivity contribution in [3.8, 4) is 11.4 Å². The number of H-pyrrole nitrogens is 1. The maximum Gasteiger partial charge on any atom is 0.224 e. The smallest absolute Gasteiger partial charge is 0.224 e. The maximum absolute atomic E-state index is 11.9. The molecule has 3 N–H and O–H groups in total. The minimum Gasteiger partial charge on any atom is -0.356 e. The molecule has 0 saturated heterocycles. The van der Waals surface area contributed by atoms with Gasteiger partial charge in [0, 0.05) is 30.6 Å². The summed E-state index contributed by atoms with van der Waals surface area (Å²) in [5.41, 5.74) is 1.61. The molecule has 0 aliphatic carbocycles. The molecule has 0 aliphatic rings. The Bertz CT molecular complexity index is 622. The van der Waals surface area contributed by atoms with Crippen LogP contribution in [0.4, 0.5) is 5.69 Å². The van der Waals surface area contributed by atoms with E-state index < -0.39 is 0 Å². The van der Waals surface area contributed by atoms with Crippen LogP contribution in [0.2, 0.25) is 0 Å². The highest BCUT2D eigenvalue weighted by Crippen LogP contribution is 2.17. The van der Waals surface area contributed by atoms with Crippen LogP contribution in [0.3, 0.4) is 0 Å². The van der Waals surface area contributed by atoms with Crippen molar-refractivity contribution in [3.63, 3.8) is 0 Å². The molecule has 2 aromatic rings.